The number of hydrogen-bond acceptors (Lipinski definition) is 4. The zero-order valence-corrected chi connectivity index (χ0v) is 18.5. The molecule has 2 unspecified atom stereocenters. The zero-order chi connectivity index (χ0) is 19.3. The SMILES string of the molecule is CN=C(NCC1COc2ccccc2O1)NC1CC(=O)N(c2ccccc2)C1.I. The quantitative estimate of drug-likeness (QED) is 0.377. The Balaban J connectivity index is 0.00000240. The lowest BCUT2D eigenvalue weighted by Crippen LogP contribution is -2.48. The molecule has 0 aromatic heterocycles. The number of amides is 1. The van der Waals surface area contributed by atoms with Crippen molar-refractivity contribution in [3.63, 3.8) is 0 Å². The Hall–Kier alpha value is -2.49. The molecule has 0 radical (unpaired) electrons. The lowest BCUT2D eigenvalue weighted by molar-refractivity contribution is -0.117. The summed E-state index contributed by atoms with van der Waals surface area (Å²) in [5.74, 6) is 2.28. The number of ether oxygens (including phenoxy) is 2. The third-order valence-electron chi connectivity index (χ3n) is 4.82. The van der Waals surface area contributed by atoms with E-state index in [0.29, 0.717) is 32.1 Å². The summed E-state index contributed by atoms with van der Waals surface area (Å²) in [5.41, 5.74) is 0.922. The number of carbonyl (C=O) groups is 1. The molecule has 0 saturated carbocycles. The van der Waals surface area contributed by atoms with E-state index >= 15 is 0 Å². The number of guanidine groups is 1. The fourth-order valence-electron chi connectivity index (χ4n) is 3.42. The van der Waals surface area contributed by atoms with Crippen LogP contribution in [0.15, 0.2) is 59.6 Å². The van der Waals surface area contributed by atoms with E-state index in [0.717, 1.165) is 17.2 Å². The average Bonchev–Trinajstić information content (AvgIpc) is 3.11. The first-order chi connectivity index (χ1) is 13.7. The van der Waals surface area contributed by atoms with Crippen molar-refractivity contribution in [1.29, 1.82) is 0 Å². The van der Waals surface area contributed by atoms with Crippen molar-refractivity contribution >= 4 is 41.5 Å². The summed E-state index contributed by atoms with van der Waals surface area (Å²) in [5, 5.41) is 6.60. The maximum Gasteiger partial charge on any atom is 0.229 e. The molecule has 2 aromatic rings. The van der Waals surface area contributed by atoms with Crippen LogP contribution >= 0.6 is 24.0 Å². The second-order valence-electron chi connectivity index (χ2n) is 6.84. The molecular weight excluding hydrogens is 483 g/mol. The van der Waals surface area contributed by atoms with Crippen molar-refractivity contribution < 1.29 is 14.3 Å². The van der Waals surface area contributed by atoms with Crippen LogP contribution in [0.3, 0.4) is 0 Å². The van der Waals surface area contributed by atoms with Crippen LogP contribution < -0.4 is 25.0 Å². The maximum atomic E-state index is 12.4. The van der Waals surface area contributed by atoms with Gasteiger partial charge in [0.1, 0.15) is 12.7 Å². The van der Waals surface area contributed by atoms with E-state index in [2.05, 4.69) is 15.6 Å². The Kier molecular flexibility index (Phi) is 7.18. The van der Waals surface area contributed by atoms with E-state index in [1.807, 2.05) is 54.6 Å². The molecule has 8 heteroatoms. The molecule has 0 spiro atoms. The number of nitrogens with one attached hydrogen (secondary N) is 2. The number of anilines is 1. The van der Waals surface area contributed by atoms with Gasteiger partial charge in [-0.25, -0.2) is 0 Å². The van der Waals surface area contributed by atoms with Gasteiger partial charge in [-0.05, 0) is 24.3 Å². The Morgan fingerprint density at radius 2 is 1.86 bits per heavy atom. The molecule has 0 bridgehead atoms. The first-order valence-corrected chi connectivity index (χ1v) is 9.44. The summed E-state index contributed by atoms with van der Waals surface area (Å²) in [6.07, 6.45) is 0.325. The van der Waals surface area contributed by atoms with E-state index in [4.69, 9.17) is 9.47 Å². The second kappa shape index (κ2) is 9.82. The van der Waals surface area contributed by atoms with E-state index < -0.39 is 0 Å². The van der Waals surface area contributed by atoms with Gasteiger partial charge in [0.15, 0.2) is 17.5 Å². The van der Waals surface area contributed by atoms with Crippen molar-refractivity contribution in [2.45, 2.75) is 18.6 Å². The van der Waals surface area contributed by atoms with Gasteiger partial charge in [0.2, 0.25) is 5.91 Å². The van der Waals surface area contributed by atoms with E-state index in [9.17, 15) is 4.79 Å². The summed E-state index contributed by atoms with van der Waals surface area (Å²) in [7, 11) is 1.72. The highest BCUT2D eigenvalue weighted by Gasteiger charge is 2.31. The molecule has 1 amide bonds. The predicted octanol–water partition coefficient (Wildman–Crippen LogP) is 2.41. The molecule has 7 nitrogen and oxygen atoms in total. The standard InChI is InChI=1S/C21H24N4O3.HI/c1-22-21(23-12-17-14-27-18-9-5-6-10-19(18)28-17)24-15-11-20(26)25(13-15)16-7-3-2-4-8-16;/h2-10,15,17H,11-14H2,1H3,(H2,22,23,24);1H. The number of carbonyl (C=O) groups excluding carboxylic acids is 1. The van der Waals surface area contributed by atoms with Crippen LogP contribution in [-0.2, 0) is 4.79 Å². The van der Waals surface area contributed by atoms with Gasteiger partial charge in [0.25, 0.3) is 0 Å². The summed E-state index contributed by atoms with van der Waals surface area (Å²) >= 11 is 0. The number of halogens is 1. The van der Waals surface area contributed by atoms with Crippen LogP contribution in [0.4, 0.5) is 5.69 Å². The average molecular weight is 508 g/mol. The molecule has 154 valence electrons. The lowest BCUT2D eigenvalue weighted by Gasteiger charge is -2.27. The Labute approximate surface area is 187 Å². The fourth-order valence-corrected chi connectivity index (χ4v) is 3.42. The number of nitrogens with zero attached hydrogens (tertiary/aromatic N) is 2. The van der Waals surface area contributed by atoms with Gasteiger partial charge in [-0.15, -0.1) is 24.0 Å². The van der Waals surface area contributed by atoms with Crippen LogP contribution in [-0.4, -0.2) is 50.8 Å². The largest absolute Gasteiger partial charge is 0.486 e. The smallest absolute Gasteiger partial charge is 0.229 e. The Morgan fingerprint density at radius 3 is 2.62 bits per heavy atom. The van der Waals surface area contributed by atoms with E-state index in [1.165, 1.54) is 0 Å². The Morgan fingerprint density at radius 1 is 1.14 bits per heavy atom. The number of aliphatic imine (C=N–C) groups is 1. The molecule has 2 heterocycles. The molecular formula is C21H25IN4O3. The molecule has 2 atom stereocenters. The second-order valence-corrected chi connectivity index (χ2v) is 6.84. The van der Waals surface area contributed by atoms with Crippen molar-refractivity contribution in [2.24, 2.45) is 4.99 Å². The number of para-hydroxylation sites is 3. The number of rotatable bonds is 4. The first kappa shape index (κ1) is 21.2. The van der Waals surface area contributed by atoms with Crippen molar-refractivity contribution in [3.8, 4) is 11.5 Å². The monoisotopic (exact) mass is 508 g/mol. The van der Waals surface area contributed by atoms with Crippen LogP contribution in [0.2, 0.25) is 0 Å². The number of benzene rings is 2. The van der Waals surface area contributed by atoms with Gasteiger partial charge in [-0.2, -0.15) is 0 Å². The number of hydrogen-bond donors (Lipinski definition) is 2. The van der Waals surface area contributed by atoms with Gasteiger partial charge in [0, 0.05) is 25.7 Å². The molecule has 4 rings (SSSR count). The normalized spacial score (nSPS) is 20.8. The summed E-state index contributed by atoms with van der Waals surface area (Å²) in [6, 6.07) is 17.4. The highest BCUT2D eigenvalue weighted by Crippen LogP contribution is 2.30. The topological polar surface area (TPSA) is 75.2 Å². The zero-order valence-electron chi connectivity index (χ0n) is 16.2. The molecule has 1 fully saturated rings. The molecule has 2 aliphatic heterocycles. The van der Waals surface area contributed by atoms with Crippen molar-refractivity contribution in [3.05, 3.63) is 54.6 Å². The first-order valence-electron chi connectivity index (χ1n) is 9.44. The summed E-state index contributed by atoms with van der Waals surface area (Å²) in [6.45, 7) is 1.64. The number of fused-ring (bicyclic) bond motifs is 1. The van der Waals surface area contributed by atoms with Gasteiger partial charge >= 0.3 is 0 Å². The van der Waals surface area contributed by atoms with Gasteiger partial charge in [-0.1, -0.05) is 30.3 Å². The van der Waals surface area contributed by atoms with Crippen LogP contribution in [0.1, 0.15) is 6.42 Å². The van der Waals surface area contributed by atoms with Crippen LogP contribution in [0.25, 0.3) is 0 Å². The molecule has 2 aliphatic rings. The molecule has 2 aromatic carbocycles. The summed E-state index contributed by atoms with van der Waals surface area (Å²) in [4.78, 5) is 18.4. The maximum absolute atomic E-state index is 12.4. The molecule has 2 N–H and O–H groups in total. The van der Waals surface area contributed by atoms with Gasteiger partial charge in [0.05, 0.1) is 12.6 Å². The van der Waals surface area contributed by atoms with Crippen LogP contribution in [0.5, 0.6) is 11.5 Å². The minimum absolute atomic E-state index is 0. The predicted molar refractivity (Wildman–Crippen MR) is 123 cm³/mol. The van der Waals surface area contributed by atoms with Crippen molar-refractivity contribution in [1.82, 2.24) is 10.6 Å². The third-order valence-corrected chi connectivity index (χ3v) is 4.82. The van der Waals surface area contributed by atoms with E-state index in [1.54, 1.807) is 11.9 Å². The minimum Gasteiger partial charge on any atom is -0.486 e. The molecule has 29 heavy (non-hydrogen) atoms. The van der Waals surface area contributed by atoms with Crippen molar-refractivity contribution in [2.75, 3.05) is 31.6 Å². The Bertz CT molecular complexity index is 862. The van der Waals surface area contributed by atoms with Gasteiger partial charge < -0.3 is 25.0 Å². The lowest BCUT2D eigenvalue weighted by atomic mass is 10.2. The fraction of sp³-hybridized carbons (Fsp3) is 0.333. The van der Waals surface area contributed by atoms with Gasteiger partial charge in [-0.3, -0.25) is 9.79 Å². The highest BCUT2D eigenvalue weighted by atomic mass is 127. The molecule has 1 saturated heterocycles. The minimum atomic E-state index is -0.112. The third kappa shape index (κ3) is 5.11. The van der Waals surface area contributed by atoms with Crippen LogP contribution in [0, 0.1) is 0 Å². The highest BCUT2D eigenvalue weighted by molar-refractivity contribution is 14.0. The summed E-state index contributed by atoms with van der Waals surface area (Å²) < 4.78 is 11.7. The van der Waals surface area contributed by atoms with E-state index in [-0.39, 0.29) is 42.0 Å². The molecule has 0 aliphatic carbocycles.